The number of benzene rings is 2. The molecule has 2 aromatic heterocycles. The summed E-state index contributed by atoms with van der Waals surface area (Å²) in [4.78, 5) is 34.8. The standard InChI is InChI=1S/C28H31N7O/c1-2-3-4-5-28(36)32-23-9-6-21(7-10-23)22-8-11-24-25(18-22)33-27(20-31-24)35-16-14-34(15-17-35)26-19-29-12-13-30-26/h6-13,18-20H,2-5,14-17H2,1H3,(H,32,36). The molecule has 1 N–H and O–H groups in total. The summed E-state index contributed by atoms with van der Waals surface area (Å²) in [5.41, 5.74) is 4.71. The lowest BCUT2D eigenvalue weighted by molar-refractivity contribution is -0.116. The summed E-state index contributed by atoms with van der Waals surface area (Å²) < 4.78 is 0. The highest BCUT2D eigenvalue weighted by atomic mass is 16.1. The van der Waals surface area contributed by atoms with Crippen molar-refractivity contribution >= 4 is 34.3 Å². The van der Waals surface area contributed by atoms with Crippen molar-refractivity contribution in [3.63, 3.8) is 0 Å². The number of hydrogen-bond acceptors (Lipinski definition) is 7. The summed E-state index contributed by atoms with van der Waals surface area (Å²) in [6, 6.07) is 14.1. The number of hydrogen-bond donors (Lipinski definition) is 1. The summed E-state index contributed by atoms with van der Waals surface area (Å²) in [5.74, 6) is 1.87. The Bertz CT molecular complexity index is 1300. The van der Waals surface area contributed by atoms with Crippen LogP contribution in [0.5, 0.6) is 0 Å². The van der Waals surface area contributed by atoms with E-state index in [0.29, 0.717) is 6.42 Å². The van der Waals surface area contributed by atoms with Crippen molar-refractivity contribution in [1.29, 1.82) is 0 Å². The van der Waals surface area contributed by atoms with E-state index in [1.165, 1.54) is 0 Å². The van der Waals surface area contributed by atoms with Crippen LogP contribution in [0.3, 0.4) is 0 Å². The Kier molecular flexibility index (Phi) is 7.30. The second kappa shape index (κ2) is 11.1. The van der Waals surface area contributed by atoms with Gasteiger partial charge in [-0.1, -0.05) is 38.0 Å². The molecule has 4 aromatic rings. The van der Waals surface area contributed by atoms with E-state index in [0.717, 1.165) is 84.9 Å². The quantitative estimate of drug-likeness (QED) is 0.357. The van der Waals surface area contributed by atoms with Gasteiger partial charge in [-0.3, -0.25) is 14.8 Å². The highest BCUT2D eigenvalue weighted by molar-refractivity contribution is 5.91. The number of amides is 1. The summed E-state index contributed by atoms with van der Waals surface area (Å²) in [6.07, 6.45) is 10.8. The fraction of sp³-hybridized carbons (Fsp3) is 0.321. The molecule has 0 unspecified atom stereocenters. The number of fused-ring (bicyclic) bond motifs is 1. The zero-order valence-corrected chi connectivity index (χ0v) is 20.6. The number of rotatable bonds is 8. The van der Waals surface area contributed by atoms with Crippen molar-refractivity contribution in [1.82, 2.24) is 19.9 Å². The predicted octanol–water partition coefficient (Wildman–Crippen LogP) is 4.93. The molecule has 184 valence electrons. The molecule has 0 radical (unpaired) electrons. The summed E-state index contributed by atoms with van der Waals surface area (Å²) in [6.45, 7) is 5.56. The van der Waals surface area contributed by atoms with Gasteiger partial charge in [0.2, 0.25) is 5.91 Å². The first-order chi connectivity index (χ1) is 17.7. The van der Waals surface area contributed by atoms with Gasteiger partial charge in [-0.15, -0.1) is 0 Å². The molecule has 0 spiro atoms. The Hall–Kier alpha value is -4.07. The number of aromatic nitrogens is 4. The predicted molar refractivity (Wildman–Crippen MR) is 144 cm³/mol. The van der Waals surface area contributed by atoms with E-state index >= 15 is 0 Å². The van der Waals surface area contributed by atoms with Crippen molar-refractivity contribution in [2.45, 2.75) is 32.6 Å². The van der Waals surface area contributed by atoms with Crippen molar-refractivity contribution in [2.75, 3.05) is 41.3 Å². The van der Waals surface area contributed by atoms with E-state index < -0.39 is 0 Å². The second-order valence-electron chi connectivity index (χ2n) is 9.05. The van der Waals surface area contributed by atoms with Crippen LogP contribution >= 0.6 is 0 Å². The van der Waals surface area contributed by atoms with Gasteiger partial charge in [0.05, 0.1) is 23.4 Å². The molecule has 1 aliphatic heterocycles. The minimum atomic E-state index is 0.0715. The maximum Gasteiger partial charge on any atom is 0.224 e. The third-order valence-corrected chi connectivity index (χ3v) is 6.52. The van der Waals surface area contributed by atoms with Crippen LogP contribution in [0.2, 0.25) is 0 Å². The third kappa shape index (κ3) is 5.59. The monoisotopic (exact) mass is 481 g/mol. The first-order valence-electron chi connectivity index (χ1n) is 12.6. The minimum Gasteiger partial charge on any atom is -0.352 e. The summed E-state index contributed by atoms with van der Waals surface area (Å²) in [5, 5.41) is 2.99. The molecule has 0 bridgehead atoms. The molecule has 0 saturated carbocycles. The Morgan fingerprint density at radius 2 is 1.58 bits per heavy atom. The van der Waals surface area contributed by atoms with Crippen molar-refractivity contribution in [2.24, 2.45) is 0 Å². The van der Waals surface area contributed by atoms with Gasteiger partial charge in [-0.2, -0.15) is 0 Å². The van der Waals surface area contributed by atoms with Crippen LogP contribution in [0.1, 0.15) is 32.6 Å². The minimum absolute atomic E-state index is 0.0715. The molecule has 8 nitrogen and oxygen atoms in total. The maximum absolute atomic E-state index is 12.1. The molecule has 36 heavy (non-hydrogen) atoms. The van der Waals surface area contributed by atoms with Crippen molar-refractivity contribution in [3.8, 4) is 11.1 Å². The largest absolute Gasteiger partial charge is 0.352 e. The summed E-state index contributed by atoms with van der Waals surface area (Å²) in [7, 11) is 0. The van der Waals surface area contributed by atoms with Crippen LogP contribution in [0, 0.1) is 0 Å². The molecule has 0 aliphatic carbocycles. The Morgan fingerprint density at radius 3 is 2.31 bits per heavy atom. The van der Waals surface area contributed by atoms with Crippen LogP contribution in [0.15, 0.2) is 67.3 Å². The van der Waals surface area contributed by atoms with Gasteiger partial charge >= 0.3 is 0 Å². The molecule has 3 heterocycles. The number of anilines is 3. The average Bonchev–Trinajstić information content (AvgIpc) is 2.93. The molecular formula is C28H31N7O. The van der Waals surface area contributed by atoms with Crippen LogP contribution in [-0.4, -0.2) is 52.0 Å². The lowest BCUT2D eigenvalue weighted by Gasteiger charge is -2.35. The van der Waals surface area contributed by atoms with Crippen LogP contribution in [0.4, 0.5) is 17.3 Å². The second-order valence-corrected chi connectivity index (χ2v) is 9.05. The van der Waals surface area contributed by atoms with Gasteiger partial charge in [-0.25, -0.2) is 9.97 Å². The average molecular weight is 482 g/mol. The van der Waals surface area contributed by atoms with E-state index in [2.05, 4.69) is 49.1 Å². The molecule has 8 heteroatoms. The zero-order chi connectivity index (χ0) is 24.7. The first-order valence-corrected chi connectivity index (χ1v) is 12.6. The van der Waals surface area contributed by atoms with Crippen LogP contribution in [0.25, 0.3) is 22.2 Å². The molecule has 1 fully saturated rings. The Morgan fingerprint density at radius 1 is 0.833 bits per heavy atom. The fourth-order valence-electron chi connectivity index (χ4n) is 4.46. The molecule has 2 aromatic carbocycles. The number of carbonyl (C=O) groups excluding carboxylic acids is 1. The van der Waals surface area contributed by atoms with Gasteiger partial charge in [-0.05, 0) is 41.8 Å². The highest BCUT2D eigenvalue weighted by Gasteiger charge is 2.19. The maximum atomic E-state index is 12.1. The van der Waals surface area contributed by atoms with E-state index in [4.69, 9.17) is 4.98 Å². The third-order valence-electron chi connectivity index (χ3n) is 6.52. The van der Waals surface area contributed by atoms with E-state index in [-0.39, 0.29) is 5.91 Å². The van der Waals surface area contributed by atoms with Gasteiger partial charge in [0.25, 0.3) is 0 Å². The van der Waals surface area contributed by atoms with E-state index in [1.807, 2.05) is 36.5 Å². The van der Waals surface area contributed by atoms with Gasteiger partial charge in [0.15, 0.2) is 0 Å². The lowest BCUT2D eigenvalue weighted by Crippen LogP contribution is -2.47. The number of unbranched alkanes of at least 4 members (excludes halogenated alkanes) is 2. The number of nitrogens with one attached hydrogen (secondary N) is 1. The SMILES string of the molecule is CCCCCC(=O)Nc1ccc(-c2ccc3ncc(N4CCN(c5cnccn5)CC4)nc3c2)cc1. The van der Waals surface area contributed by atoms with Crippen LogP contribution < -0.4 is 15.1 Å². The van der Waals surface area contributed by atoms with Crippen molar-refractivity contribution < 1.29 is 4.79 Å². The molecule has 5 rings (SSSR count). The molecule has 1 saturated heterocycles. The van der Waals surface area contributed by atoms with E-state index in [1.54, 1.807) is 18.6 Å². The number of piperazine rings is 1. The van der Waals surface area contributed by atoms with Crippen LogP contribution in [-0.2, 0) is 4.79 Å². The molecule has 1 aliphatic rings. The Labute approximate surface area is 211 Å². The molecule has 1 amide bonds. The molecular weight excluding hydrogens is 450 g/mol. The van der Waals surface area contributed by atoms with Gasteiger partial charge in [0, 0.05) is 50.7 Å². The Balaban J connectivity index is 1.26. The number of nitrogens with zero attached hydrogens (tertiary/aromatic N) is 6. The number of carbonyl (C=O) groups is 1. The van der Waals surface area contributed by atoms with Gasteiger partial charge < -0.3 is 15.1 Å². The highest BCUT2D eigenvalue weighted by Crippen LogP contribution is 2.26. The normalized spacial score (nSPS) is 13.7. The fourth-order valence-corrected chi connectivity index (χ4v) is 4.46. The van der Waals surface area contributed by atoms with E-state index in [9.17, 15) is 4.79 Å². The lowest BCUT2D eigenvalue weighted by atomic mass is 10.0. The zero-order valence-electron chi connectivity index (χ0n) is 20.6. The topological polar surface area (TPSA) is 87.1 Å². The first kappa shape index (κ1) is 23.7. The van der Waals surface area contributed by atoms with Crippen molar-refractivity contribution in [3.05, 3.63) is 67.3 Å². The van der Waals surface area contributed by atoms with Gasteiger partial charge in [0.1, 0.15) is 11.6 Å². The summed E-state index contributed by atoms with van der Waals surface area (Å²) >= 11 is 0. The molecule has 0 atom stereocenters. The smallest absolute Gasteiger partial charge is 0.224 e.